The molecule has 0 spiro atoms. The Morgan fingerprint density at radius 2 is 1.93 bits per heavy atom. The van der Waals surface area contributed by atoms with Crippen LogP contribution in [0.2, 0.25) is 5.02 Å². The lowest BCUT2D eigenvalue weighted by Crippen LogP contribution is -2.40. The van der Waals surface area contributed by atoms with E-state index >= 15 is 0 Å². The second-order valence-corrected chi connectivity index (χ2v) is 8.56. The molecule has 1 aliphatic heterocycles. The van der Waals surface area contributed by atoms with Gasteiger partial charge in [-0.1, -0.05) is 30.9 Å². The molecule has 1 aliphatic carbocycles. The van der Waals surface area contributed by atoms with Gasteiger partial charge in [0.2, 0.25) is 0 Å². The molecule has 2 aliphatic rings. The highest BCUT2D eigenvalue weighted by Crippen LogP contribution is 2.39. The largest absolute Gasteiger partial charge is 0.283 e. The van der Waals surface area contributed by atoms with Gasteiger partial charge in [0.15, 0.2) is 5.17 Å². The molecule has 7 nitrogen and oxygen atoms in total. The molecule has 0 unspecified atom stereocenters. The van der Waals surface area contributed by atoms with Crippen LogP contribution in [0.5, 0.6) is 0 Å². The summed E-state index contributed by atoms with van der Waals surface area (Å²) in [6, 6.07) is 7.97. The van der Waals surface area contributed by atoms with E-state index in [2.05, 4.69) is 9.98 Å². The zero-order valence-electron chi connectivity index (χ0n) is 16.0. The number of nitro benzene ring substituents is 1. The molecule has 9 heteroatoms. The van der Waals surface area contributed by atoms with Crippen LogP contribution in [0.25, 0.3) is 6.08 Å². The highest BCUT2D eigenvalue weighted by Gasteiger charge is 2.38. The molecule has 0 bridgehead atoms. The fourth-order valence-electron chi connectivity index (χ4n) is 3.63. The lowest BCUT2D eigenvalue weighted by atomic mass is 9.94. The van der Waals surface area contributed by atoms with Crippen LogP contribution in [0.4, 0.5) is 11.4 Å². The van der Waals surface area contributed by atoms with Gasteiger partial charge in [-0.2, -0.15) is 0 Å². The summed E-state index contributed by atoms with van der Waals surface area (Å²) in [4.78, 5) is 34.7. The van der Waals surface area contributed by atoms with E-state index in [1.165, 1.54) is 36.5 Å². The van der Waals surface area contributed by atoms with Crippen LogP contribution in [-0.4, -0.2) is 31.9 Å². The average Bonchev–Trinajstić information content (AvgIpc) is 3.05. The molecule has 4 rings (SSSR count). The average molecular weight is 443 g/mol. The number of benzene rings is 1. The first-order valence-corrected chi connectivity index (χ1v) is 10.9. The molecule has 0 N–H and O–H groups in total. The summed E-state index contributed by atoms with van der Waals surface area (Å²) in [6.45, 7) is 0. The van der Waals surface area contributed by atoms with Crippen LogP contribution in [0.15, 0.2) is 52.6 Å². The van der Waals surface area contributed by atoms with Crippen molar-refractivity contribution in [3.63, 3.8) is 0 Å². The molecule has 154 valence electrons. The summed E-state index contributed by atoms with van der Waals surface area (Å²) in [7, 11) is 0. The van der Waals surface area contributed by atoms with Gasteiger partial charge in [-0.05, 0) is 54.4 Å². The quantitative estimate of drug-likeness (QED) is 0.350. The number of carbonyl (C=O) groups excluding carboxylic acids is 1. The molecule has 0 radical (unpaired) electrons. The van der Waals surface area contributed by atoms with Crippen molar-refractivity contribution in [2.45, 2.75) is 38.1 Å². The van der Waals surface area contributed by atoms with E-state index in [9.17, 15) is 14.9 Å². The third-order valence-electron chi connectivity index (χ3n) is 5.15. The Labute approximate surface area is 183 Å². The Balaban J connectivity index is 1.69. The normalized spacial score (nSPS) is 20.3. The third kappa shape index (κ3) is 4.39. The summed E-state index contributed by atoms with van der Waals surface area (Å²) in [5.74, 6) is -0.0887. The van der Waals surface area contributed by atoms with Crippen LogP contribution < -0.4 is 0 Å². The van der Waals surface area contributed by atoms with Gasteiger partial charge in [-0.3, -0.25) is 24.8 Å². The smallest absolute Gasteiger partial charge is 0.269 e. The van der Waals surface area contributed by atoms with Crippen molar-refractivity contribution >= 4 is 51.9 Å². The summed E-state index contributed by atoms with van der Waals surface area (Å²) < 4.78 is 0. The zero-order valence-corrected chi connectivity index (χ0v) is 17.6. The summed E-state index contributed by atoms with van der Waals surface area (Å²) in [6.07, 6.45) is 10.1. The van der Waals surface area contributed by atoms with E-state index in [1.54, 1.807) is 35.4 Å². The number of aromatic nitrogens is 1. The van der Waals surface area contributed by atoms with Crippen LogP contribution in [0, 0.1) is 10.1 Å². The number of non-ortho nitro benzene ring substituents is 1. The lowest BCUT2D eigenvalue weighted by Gasteiger charge is -2.30. The lowest BCUT2D eigenvalue weighted by molar-refractivity contribution is -0.384. The number of amidine groups is 1. The van der Waals surface area contributed by atoms with Crippen molar-refractivity contribution in [3.8, 4) is 0 Å². The minimum atomic E-state index is -0.444. The van der Waals surface area contributed by atoms with Crippen molar-refractivity contribution in [1.82, 2.24) is 9.88 Å². The van der Waals surface area contributed by atoms with Crippen LogP contribution in [0.1, 0.15) is 37.7 Å². The van der Waals surface area contributed by atoms with E-state index in [1.807, 2.05) is 0 Å². The molecule has 2 aromatic rings. The molecule has 1 saturated heterocycles. The van der Waals surface area contributed by atoms with E-state index in [4.69, 9.17) is 11.6 Å². The number of thioether (sulfide) groups is 1. The summed E-state index contributed by atoms with van der Waals surface area (Å²) >= 11 is 7.53. The first-order chi connectivity index (χ1) is 14.5. The van der Waals surface area contributed by atoms with Gasteiger partial charge in [-0.15, -0.1) is 0 Å². The Kier molecular flexibility index (Phi) is 6.15. The SMILES string of the molecule is O=C1/C(=C/c2ccc([N+](=O)[O-])cc2)SC(=Nc2ccncc2Cl)N1C1CCCCC1. The molecule has 0 atom stereocenters. The molecule has 2 heterocycles. The van der Waals surface area contributed by atoms with Crippen molar-refractivity contribution in [2.75, 3.05) is 0 Å². The Morgan fingerprint density at radius 1 is 1.20 bits per heavy atom. The molecule has 1 amide bonds. The molecular formula is C21H19ClN4O3S. The number of nitro groups is 1. The van der Waals surface area contributed by atoms with Crippen LogP contribution >= 0.6 is 23.4 Å². The first kappa shape index (κ1) is 20.6. The molecule has 1 aromatic carbocycles. The van der Waals surface area contributed by atoms with Crippen molar-refractivity contribution < 1.29 is 9.72 Å². The second-order valence-electron chi connectivity index (χ2n) is 7.15. The number of aliphatic imine (C=N–C) groups is 1. The predicted octanol–water partition coefficient (Wildman–Crippen LogP) is 5.58. The predicted molar refractivity (Wildman–Crippen MR) is 119 cm³/mol. The third-order valence-corrected chi connectivity index (χ3v) is 6.42. The van der Waals surface area contributed by atoms with Crippen LogP contribution in [0.3, 0.4) is 0 Å². The van der Waals surface area contributed by atoms with Gasteiger partial charge in [0, 0.05) is 30.6 Å². The summed E-state index contributed by atoms with van der Waals surface area (Å²) in [5.41, 5.74) is 1.31. The Bertz CT molecular complexity index is 1030. The fourth-order valence-corrected chi connectivity index (χ4v) is 4.84. The van der Waals surface area contributed by atoms with Gasteiger partial charge in [0.25, 0.3) is 11.6 Å². The van der Waals surface area contributed by atoms with Crippen molar-refractivity contribution in [2.24, 2.45) is 4.99 Å². The highest BCUT2D eigenvalue weighted by molar-refractivity contribution is 8.18. The molecule has 1 saturated carbocycles. The number of amides is 1. The number of carbonyl (C=O) groups is 1. The number of rotatable bonds is 4. The number of halogens is 1. The number of pyridine rings is 1. The number of hydrogen-bond acceptors (Lipinski definition) is 6. The summed E-state index contributed by atoms with van der Waals surface area (Å²) in [5, 5.41) is 11.9. The maximum Gasteiger partial charge on any atom is 0.269 e. The second kappa shape index (κ2) is 8.97. The molecule has 1 aromatic heterocycles. The van der Waals surface area contributed by atoms with Crippen LogP contribution in [-0.2, 0) is 4.79 Å². The van der Waals surface area contributed by atoms with E-state index in [-0.39, 0.29) is 17.6 Å². The standard InChI is InChI=1S/C21H19ClN4O3S/c22-17-13-23-11-10-18(17)24-21-25(15-4-2-1-3-5-15)20(27)19(30-21)12-14-6-8-16(9-7-14)26(28)29/h6-13,15H,1-5H2/b19-12-,24-21?. The molecule has 2 fully saturated rings. The number of hydrogen-bond donors (Lipinski definition) is 0. The van der Waals surface area contributed by atoms with Gasteiger partial charge >= 0.3 is 0 Å². The maximum absolute atomic E-state index is 13.3. The minimum absolute atomic E-state index is 0.0148. The van der Waals surface area contributed by atoms with E-state index in [0.717, 1.165) is 31.2 Å². The Hall–Kier alpha value is -2.71. The highest BCUT2D eigenvalue weighted by atomic mass is 35.5. The molecular weight excluding hydrogens is 424 g/mol. The van der Waals surface area contributed by atoms with Crippen molar-refractivity contribution in [3.05, 3.63) is 68.3 Å². The van der Waals surface area contributed by atoms with Crippen molar-refractivity contribution in [1.29, 1.82) is 0 Å². The minimum Gasteiger partial charge on any atom is -0.283 e. The maximum atomic E-state index is 13.3. The van der Waals surface area contributed by atoms with E-state index in [0.29, 0.717) is 20.8 Å². The van der Waals surface area contributed by atoms with Gasteiger partial charge < -0.3 is 0 Å². The van der Waals surface area contributed by atoms with Gasteiger partial charge in [0.05, 0.1) is 20.5 Å². The zero-order chi connectivity index (χ0) is 21.1. The topological polar surface area (TPSA) is 88.7 Å². The fraction of sp³-hybridized carbons (Fsp3) is 0.286. The van der Waals surface area contributed by atoms with Gasteiger partial charge in [-0.25, -0.2) is 4.99 Å². The van der Waals surface area contributed by atoms with E-state index < -0.39 is 4.92 Å². The van der Waals surface area contributed by atoms with Gasteiger partial charge in [0.1, 0.15) is 0 Å². The number of nitrogens with zero attached hydrogens (tertiary/aromatic N) is 4. The Morgan fingerprint density at radius 3 is 2.60 bits per heavy atom. The first-order valence-electron chi connectivity index (χ1n) is 9.69. The molecule has 30 heavy (non-hydrogen) atoms. The monoisotopic (exact) mass is 442 g/mol.